The van der Waals surface area contributed by atoms with E-state index in [4.69, 9.17) is 34.0 Å². The summed E-state index contributed by atoms with van der Waals surface area (Å²) in [5.74, 6) is -1.30. The van der Waals surface area contributed by atoms with Gasteiger partial charge in [0.15, 0.2) is 0 Å². The van der Waals surface area contributed by atoms with Crippen LogP contribution in [0.25, 0.3) is 11.4 Å². The van der Waals surface area contributed by atoms with Gasteiger partial charge in [0, 0.05) is 18.8 Å². The molecule has 2 aromatic heterocycles. The molecule has 3 N–H and O–H groups in total. The molecule has 1 atom stereocenters. The van der Waals surface area contributed by atoms with Crippen molar-refractivity contribution in [3.63, 3.8) is 0 Å². The first-order valence-electron chi connectivity index (χ1n) is 5.63. The second-order valence-electron chi connectivity index (χ2n) is 4.22. The van der Waals surface area contributed by atoms with Gasteiger partial charge in [-0.3, -0.25) is 0 Å². The average molecular weight is 389 g/mol. The highest BCUT2D eigenvalue weighted by atomic mass is 35.5. The summed E-state index contributed by atoms with van der Waals surface area (Å²) in [4.78, 5) is 22.9. The normalized spacial score (nSPS) is 11.3. The van der Waals surface area contributed by atoms with Crippen LogP contribution in [0.3, 0.4) is 0 Å². The van der Waals surface area contributed by atoms with Crippen LogP contribution in [0.2, 0.25) is 10.3 Å². The highest BCUT2D eigenvalue weighted by Gasteiger charge is 2.19. The zero-order valence-corrected chi connectivity index (χ0v) is 14.4. The van der Waals surface area contributed by atoms with E-state index in [1.165, 1.54) is 17.0 Å². The first-order valence-corrected chi connectivity index (χ1v) is 6.38. The zero-order valence-electron chi connectivity index (χ0n) is 11.2. The molecule has 0 bridgehead atoms. The fourth-order valence-electron chi connectivity index (χ4n) is 1.68. The van der Waals surface area contributed by atoms with E-state index in [0.29, 0.717) is 12.2 Å². The fourth-order valence-corrected chi connectivity index (χ4v) is 2.00. The minimum atomic E-state index is -1.16. The van der Waals surface area contributed by atoms with Gasteiger partial charge in [-0.1, -0.05) is 11.6 Å². The van der Waals surface area contributed by atoms with Crippen LogP contribution >= 0.6 is 48.0 Å². The molecule has 0 aliphatic carbocycles. The van der Waals surface area contributed by atoms with Crippen molar-refractivity contribution < 1.29 is 9.90 Å². The van der Waals surface area contributed by atoms with Gasteiger partial charge >= 0.3 is 5.97 Å². The Morgan fingerprint density at radius 1 is 1.41 bits per heavy atom. The summed E-state index contributed by atoms with van der Waals surface area (Å²) in [5, 5.41) is 9.38. The molecular weight excluding hydrogens is 376 g/mol. The van der Waals surface area contributed by atoms with Gasteiger partial charge in [-0.15, -0.1) is 24.8 Å². The molecule has 2 rings (SSSR count). The molecule has 1 unspecified atom stereocenters. The van der Waals surface area contributed by atoms with Gasteiger partial charge in [-0.05, 0) is 18.5 Å². The van der Waals surface area contributed by atoms with E-state index in [-0.39, 0.29) is 52.7 Å². The number of halogens is 4. The molecule has 0 fully saturated rings. The maximum absolute atomic E-state index is 11.2. The molecule has 0 aliphatic heterocycles. The van der Waals surface area contributed by atoms with Crippen molar-refractivity contribution >= 4 is 54.0 Å². The van der Waals surface area contributed by atoms with Gasteiger partial charge in [0.25, 0.3) is 0 Å². The number of imidazole rings is 1. The van der Waals surface area contributed by atoms with E-state index >= 15 is 0 Å². The molecule has 0 radical (unpaired) electrons. The van der Waals surface area contributed by atoms with Crippen molar-refractivity contribution in [1.82, 2.24) is 19.5 Å². The number of hydrogen-bond donors (Lipinski definition) is 2. The number of aromatic nitrogens is 4. The molecule has 0 amide bonds. The molecule has 22 heavy (non-hydrogen) atoms. The number of nitrogens with two attached hydrogens (primary N) is 1. The molecule has 7 nitrogen and oxygen atoms in total. The summed E-state index contributed by atoms with van der Waals surface area (Å²) in [6.45, 7) is 2.07. The molecular formula is C11H13Cl4N5O2. The Morgan fingerprint density at radius 3 is 2.59 bits per heavy atom. The SMILES string of the molecule is CC(N)Cn1cc(-c2nc(Cl)ncc2Cl)nc1C(=O)O.Cl.Cl. The Labute approximate surface area is 148 Å². The van der Waals surface area contributed by atoms with Gasteiger partial charge in [0.05, 0.1) is 11.2 Å². The lowest BCUT2D eigenvalue weighted by Crippen LogP contribution is -2.24. The lowest BCUT2D eigenvalue weighted by Gasteiger charge is -2.07. The molecule has 2 heterocycles. The molecule has 0 saturated heterocycles. The highest BCUT2D eigenvalue weighted by Crippen LogP contribution is 2.25. The summed E-state index contributed by atoms with van der Waals surface area (Å²) in [6.07, 6.45) is 2.86. The molecule has 0 spiro atoms. The van der Waals surface area contributed by atoms with E-state index < -0.39 is 5.97 Å². The van der Waals surface area contributed by atoms with Crippen molar-refractivity contribution in [3.05, 3.63) is 28.5 Å². The van der Waals surface area contributed by atoms with Gasteiger partial charge in [0.1, 0.15) is 11.4 Å². The van der Waals surface area contributed by atoms with Crippen LogP contribution < -0.4 is 5.73 Å². The first kappa shape index (κ1) is 20.9. The minimum absolute atomic E-state index is 0. The largest absolute Gasteiger partial charge is 0.475 e. The lowest BCUT2D eigenvalue weighted by atomic mass is 10.3. The number of carbonyl (C=O) groups is 1. The Morgan fingerprint density at radius 2 is 2.05 bits per heavy atom. The van der Waals surface area contributed by atoms with E-state index in [0.717, 1.165) is 0 Å². The number of carboxylic acids is 1. The summed E-state index contributed by atoms with van der Waals surface area (Å²) in [7, 11) is 0. The third kappa shape index (κ3) is 4.69. The lowest BCUT2D eigenvalue weighted by molar-refractivity contribution is 0.0678. The topological polar surface area (TPSA) is 107 Å². The first-order chi connectivity index (χ1) is 9.38. The van der Waals surface area contributed by atoms with Crippen molar-refractivity contribution in [2.24, 2.45) is 5.73 Å². The predicted octanol–water partition coefficient (Wildman–Crippen LogP) is 2.54. The molecule has 122 valence electrons. The quantitative estimate of drug-likeness (QED) is 0.779. The maximum atomic E-state index is 11.2. The molecule has 2 aromatic rings. The Balaban J connectivity index is 0.00000220. The van der Waals surface area contributed by atoms with Crippen LogP contribution in [-0.4, -0.2) is 36.6 Å². The van der Waals surface area contributed by atoms with Gasteiger partial charge < -0.3 is 15.4 Å². The Kier molecular flexibility index (Phi) is 8.06. The van der Waals surface area contributed by atoms with Crippen molar-refractivity contribution in [2.75, 3.05) is 0 Å². The van der Waals surface area contributed by atoms with Crippen molar-refractivity contribution in [2.45, 2.75) is 19.5 Å². The van der Waals surface area contributed by atoms with Gasteiger partial charge in [0.2, 0.25) is 11.1 Å². The van der Waals surface area contributed by atoms with Crippen molar-refractivity contribution in [3.8, 4) is 11.4 Å². The Bertz CT molecular complexity index is 662. The van der Waals surface area contributed by atoms with Gasteiger partial charge in [-0.25, -0.2) is 19.7 Å². The number of carboxylic acid groups (broad SMARTS) is 1. The van der Waals surface area contributed by atoms with Crippen LogP contribution in [-0.2, 0) is 6.54 Å². The highest BCUT2D eigenvalue weighted by molar-refractivity contribution is 6.33. The second-order valence-corrected chi connectivity index (χ2v) is 4.97. The second kappa shape index (κ2) is 8.50. The molecule has 0 aromatic carbocycles. The Hall–Kier alpha value is -1.12. The number of aromatic carboxylic acids is 1. The predicted molar refractivity (Wildman–Crippen MR) is 88.4 cm³/mol. The monoisotopic (exact) mass is 387 g/mol. The zero-order chi connectivity index (χ0) is 14.9. The van der Waals surface area contributed by atoms with E-state index in [1.54, 1.807) is 6.92 Å². The smallest absolute Gasteiger partial charge is 0.372 e. The summed E-state index contributed by atoms with van der Waals surface area (Å²) < 4.78 is 1.44. The molecule has 0 aliphatic rings. The van der Waals surface area contributed by atoms with Crippen LogP contribution in [0.1, 0.15) is 17.5 Å². The number of rotatable bonds is 4. The van der Waals surface area contributed by atoms with Crippen LogP contribution in [0.5, 0.6) is 0 Å². The third-order valence-corrected chi connectivity index (χ3v) is 2.87. The number of hydrogen-bond acceptors (Lipinski definition) is 5. The minimum Gasteiger partial charge on any atom is -0.475 e. The van der Waals surface area contributed by atoms with Crippen LogP contribution in [0.4, 0.5) is 0 Å². The van der Waals surface area contributed by atoms with E-state index in [9.17, 15) is 4.79 Å². The summed E-state index contributed by atoms with van der Waals surface area (Å²) in [6, 6.07) is -0.223. The standard InChI is InChI=1S/C11H11Cl2N5O2.2ClH/c1-5(14)3-18-4-7(16-9(18)10(19)20)8-6(12)2-15-11(13)17-8;;/h2,4-5H,3,14H2,1H3,(H,19,20);2*1H. The summed E-state index contributed by atoms with van der Waals surface area (Å²) >= 11 is 11.7. The van der Waals surface area contributed by atoms with E-state index in [2.05, 4.69) is 15.0 Å². The van der Waals surface area contributed by atoms with Gasteiger partial charge in [-0.2, -0.15) is 0 Å². The summed E-state index contributed by atoms with van der Waals surface area (Å²) in [5.41, 5.74) is 6.26. The fraction of sp³-hybridized carbons (Fsp3) is 0.273. The maximum Gasteiger partial charge on any atom is 0.372 e. The number of nitrogens with zero attached hydrogens (tertiary/aromatic N) is 4. The average Bonchev–Trinajstić information content (AvgIpc) is 2.75. The molecule has 11 heteroatoms. The third-order valence-electron chi connectivity index (χ3n) is 2.41. The van der Waals surface area contributed by atoms with Crippen LogP contribution in [0.15, 0.2) is 12.4 Å². The molecule has 0 saturated carbocycles. The van der Waals surface area contributed by atoms with Crippen molar-refractivity contribution in [1.29, 1.82) is 0 Å². The van der Waals surface area contributed by atoms with Crippen LogP contribution in [0, 0.1) is 0 Å². The van der Waals surface area contributed by atoms with E-state index in [1.807, 2.05) is 0 Å².